The Hall–Kier alpha value is -0.970. The third kappa shape index (κ3) is 3.78. The van der Waals surface area contributed by atoms with Crippen molar-refractivity contribution in [3.05, 3.63) is 52.5 Å². The van der Waals surface area contributed by atoms with Crippen LogP contribution >= 0.6 is 27.7 Å². The zero-order chi connectivity index (χ0) is 14.5. The van der Waals surface area contributed by atoms with E-state index in [1.54, 1.807) is 18.9 Å². The van der Waals surface area contributed by atoms with Gasteiger partial charge in [0.1, 0.15) is 5.75 Å². The highest BCUT2D eigenvalue weighted by Gasteiger charge is 2.08. The van der Waals surface area contributed by atoms with Crippen molar-refractivity contribution in [2.75, 3.05) is 14.2 Å². The monoisotopic (exact) mass is 351 g/mol. The van der Waals surface area contributed by atoms with Crippen LogP contribution < -0.4 is 10.1 Å². The molecule has 2 aromatic rings. The van der Waals surface area contributed by atoms with Gasteiger partial charge in [-0.1, -0.05) is 39.8 Å². The van der Waals surface area contributed by atoms with Crippen molar-refractivity contribution in [1.29, 1.82) is 0 Å². The van der Waals surface area contributed by atoms with Gasteiger partial charge in [-0.3, -0.25) is 0 Å². The topological polar surface area (TPSA) is 21.3 Å². The summed E-state index contributed by atoms with van der Waals surface area (Å²) in [6.07, 6.45) is 0. The van der Waals surface area contributed by atoms with Crippen LogP contribution in [0.1, 0.15) is 18.5 Å². The second-order valence-electron chi connectivity index (χ2n) is 4.47. The van der Waals surface area contributed by atoms with Gasteiger partial charge in [-0.2, -0.15) is 0 Å². The molecule has 20 heavy (non-hydrogen) atoms. The lowest BCUT2D eigenvalue weighted by Gasteiger charge is -2.14. The molecule has 0 aliphatic carbocycles. The molecule has 0 saturated carbocycles. The van der Waals surface area contributed by atoms with Crippen molar-refractivity contribution < 1.29 is 4.74 Å². The first-order valence-corrected chi connectivity index (χ1v) is 8.03. The summed E-state index contributed by atoms with van der Waals surface area (Å²) in [5.74, 6) is 0.884. The molecule has 2 nitrogen and oxygen atoms in total. The smallest absolute Gasteiger partial charge is 0.119 e. The number of hydrogen-bond acceptors (Lipinski definition) is 3. The molecule has 106 valence electrons. The molecule has 0 bridgehead atoms. The van der Waals surface area contributed by atoms with Gasteiger partial charge in [0.15, 0.2) is 0 Å². The van der Waals surface area contributed by atoms with Gasteiger partial charge in [0, 0.05) is 20.3 Å². The molecular weight excluding hydrogens is 334 g/mol. The molecule has 0 aliphatic rings. The van der Waals surface area contributed by atoms with E-state index in [9.17, 15) is 0 Å². The number of nitrogens with one attached hydrogen (secondary N) is 1. The number of methoxy groups -OCH3 is 1. The van der Waals surface area contributed by atoms with Crippen LogP contribution in [0, 0.1) is 0 Å². The molecule has 2 aromatic carbocycles. The lowest BCUT2D eigenvalue weighted by Crippen LogP contribution is -2.12. The molecule has 1 atom stereocenters. The van der Waals surface area contributed by atoms with E-state index in [1.807, 2.05) is 25.2 Å². The lowest BCUT2D eigenvalue weighted by molar-refractivity contribution is 0.413. The van der Waals surface area contributed by atoms with E-state index >= 15 is 0 Å². The number of halogens is 1. The third-order valence-electron chi connectivity index (χ3n) is 3.15. The second-order valence-corrected chi connectivity index (χ2v) is 6.48. The molecule has 0 aromatic heterocycles. The standard InChI is InChI=1S/C16H18BrNOS/c1-11(18-2)15-8-7-14(10-16(15)17)20-13-6-4-5-12(9-13)19-3/h4-11,18H,1-3H3. The molecule has 0 radical (unpaired) electrons. The van der Waals surface area contributed by atoms with Crippen molar-refractivity contribution in [3.8, 4) is 5.75 Å². The average molecular weight is 352 g/mol. The minimum absolute atomic E-state index is 0.334. The van der Waals surface area contributed by atoms with Crippen molar-refractivity contribution >= 4 is 27.7 Å². The molecule has 4 heteroatoms. The summed E-state index contributed by atoms with van der Waals surface area (Å²) in [6, 6.07) is 14.9. The quantitative estimate of drug-likeness (QED) is 0.828. The average Bonchev–Trinajstić information content (AvgIpc) is 2.47. The fraction of sp³-hybridized carbons (Fsp3) is 0.250. The predicted octanol–water partition coefficient (Wildman–Crippen LogP) is 4.89. The Bertz CT molecular complexity index is 588. The van der Waals surface area contributed by atoms with Gasteiger partial charge in [-0.05, 0) is 49.9 Å². The first kappa shape index (κ1) is 15.4. The molecule has 0 spiro atoms. The molecule has 0 aliphatic heterocycles. The fourth-order valence-electron chi connectivity index (χ4n) is 1.88. The van der Waals surface area contributed by atoms with Gasteiger partial charge < -0.3 is 10.1 Å². The van der Waals surface area contributed by atoms with E-state index in [2.05, 4.69) is 52.4 Å². The van der Waals surface area contributed by atoms with E-state index in [1.165, 1.54) is 15.4 Å². The summed E-state index contributed by atoms with van der Waals surface area (Å²) in [7, 11) is 3.66. The van der Waals surface area contributed by atoms with E-state index in [-0.39, 0.29) is 0 Å². The van der Waals surface area contributed by atoms with Crippen LogP contribution in [0.2, 0.25) is 0 Å². The molecule has 0 fully saturated rings. The molecule has 0 saturated heterocycles. The van der Waals surface area contributed by atoms with Crippen LogP contribution in [-0.2, 0) is 0 Å². The van der Waals surface area contributed by atoms with Crippen molar-refractivity contribution in [2.24, 2.45) is 0 Å². The second kappa shape index (κ2) is 7.16. The highest BCUT2D eigenvalue weighted by molar-refractivity contribution is 9.10. The largest absolute Gasteiger partial charge is 0.497 e. The highest BCUT2D eigenvalue weighted by Crippen LogP contribution is 2.34. The number of hydrogen-bond donors (Lipinski definition) is 1. The van der Waals surface area contributed by atoms with Gasteiger partial charge in [-0.25, -0.2) is 0 Å². The van der Waals surface area contributed by atoms with Gasteiger partial charge in [0.05, 0.1) is 7.11 Å². The maximum Gasteiger partial charge on any atom is 0.119 e. The predicted molar refractivity (Wildman–Crippen MR) is 88.7 cm³/mol. The molecule has 0 amide bonds. The van der Waals surface area contributed by atoms with E-state index in [0.29, 0.717) is 6.04 Å². The summed E-state index contributed by atoms with van der Waals surface area (Å²) in [5, 5.41) is 3.25. The van der Waals surface area contributed by atoms with Gasteiger partial charge in [-0.15, -0.1) is 0 Å². The summed E-state index contributed by atoms with van der Waals surface area (Å²) in [4.78, 5) is 2.38. The van der Waals surface area contributed by atoms with Gasteiger partial charge in [0.2, 0.25) is 0 Å². The Balaban J connectivity index is 2.19. The summed E-state index contributed by atoms with van der Waals surface area (Å²) in [5.41, 5.74) is 1.27. The SMILES string of the molecule is CNC(C)c1ccc(Sc2cccc(OC)c2)cc1Br. The highest BCUT2D eigenvalue weighted by atomic mass is 79.9. The Morgan fingerprint density at radius 2 is 1.90 bits per heavy atom. The minimum atomic E-state index is 0.334. The van der Waals surface area contributed by atoms with Crippen molar-refractivity contribution in [2.45, 2.75) is 22.8 Å². The maximum atomic E-state index is 5.25. The zero-order valence-corrected chi connectivity index (χ0v) is 14.2. The fourth-order valence-corrected chi connectivity index (χ4v) is 3.66. The third-order valence-corrected chi connectivity index (χ3v) is 4.81. The van der Waals surface area contributed by atoms with E-state index < -0.39 is 0 Å². The van der Waals surface area contributed by atoms with Crippen LogP contribution in [-0.4, -0.2) is 14.2 Å². The molecule has 0 heterocycles. The van der Waals surface area contributed by atoms with Crippen molar-refractivity contribution in [1.82, 2.24) is 5.32 Å². The molecular formula is C16H18BrNOS. The van der Waals surface area contributed by atoms with Crippen LogP contribution in [0.4, 0.5) is 0 Å². The van der Waals surface area contributed by atoms with Crippen LogP contribution in [0.15, 0.2) is 56.7 Å². The Kier molecular flexibility index (Phi) is 5.52. The number of ether oxygens (including phenoxy) is 1. The summed E-state index contributed by atoms with van der Waals surface area (Å²) < 4.78 is 6.38. The number of rotatable bonds is 5. The Labute approximate surface area is 133 Å². The van der Waals surface area contributed by atoms with Crippen LogP contribution in [0.25, 0.3) is 0 Å². The van der Waals surface area contributed by atoms with E-state index in [0.717, 1.165) is 10.2 Å². The summed E-state index contributed by atoms with van der Waals surface area (Å²) in [6.45, 7) is 2.15. The van der Waals surface area contributed by atoms with Crippen molar-refractivity contribution in [3.63, 3.8) is 0 Å². The molecule has 2 rings (SSSR count). The normalized spacial score (nSPS) is 12.2. The van der Waals surface area contributed by atoms with Gasteiger partial charge in [0.25, 0.3) is 0 Å². The van der Waals surface area contributed by atoms with Crippen LogP contribution in [0.3, 0.4) is 0 Å². The maximum absolute atomic E-state index is 5.25. The summed E-state index contributed by atoms with van der Waals surface area (Å²) >= 11 is 5.38. The minimum Gasteiger partial charge on any atom is -0.497 e. The Morgan fingerprint density at radius 1 is 1.15 bits per heavy atom. The van der Waals surface area contributed by atoms with Gasteiger partial charge >= 0.3 is 0 Å². The zero-order valence-electron chi connectivity index (χ0n) is 11.8. The molecule has 1 unspecified atom stereocenters. The molecule has 1 N–H and O–H groups in total. The first-order valence-electron chi connectivity index (χ1n) is 6.42. The van der Waals surface area contributed by atoms with E-state index in [4.69, 9.17) is 4.74 Å². The number of benzene rings is 2. The first-order chi connectivity index (χ1) is 9.63. The lowest BCUT2D eigenvalue weighted by atomic mass is 10.1. The van der Waals surface area contributed by atoms with Crippen LogP contribution in [0.5, 0.6) is 5.75 Å². The Morgan fingerprint density at radius 3 is 2.55 bits per heavy atom.